The Morgan fingerprint density at radius 2 is 1.92 bits per heavy atom. The summed E-state index contributed by atoms with van der Waals surface area (Å²) in [5, 5.41) is 10.9. The van der Waals surface area contributed by atoms with Crippen molar-refractivity contribution in [2.24, 2.45) is 15.0 Å². The molecule has 0 atom stereocenters. The molecule has 6 rings (SSSR count). The lowest BCUT2D eigenvalue weighted by Gasteiger charge is -2.09. The molecule has 0 radical (unpaired) electrons. The molecule has 0 spiro atoms. The van der Waals surface area contributed by atoms with Crippen LogP contribution in [0.25, 0.3) is 18.2 Å². The molecule has 2 N–H and O–H groups in total. The molecule has 1 aromatic heterocycles. The zero-order valence-electron chi connectivity index (χ0n) is 20.3. The van der Waals surface area contributed by atoms with E-state index in [2.05, 4.69) is 11.6 Å². The molecule has 182 valence electrons. The first-order chi connectivity index (χ1) is 18.0. The number of carbonyl (C=O) groups is 1. The molecule has 1 aliphatic carbocycles. The number of allylic oxidation sites excluding steroid dienone is 10. The number of methoxy groups -OCH3 is 1. The van der Waals surface area contributed by atoms with Crippen molar-refractivity contribution in [2.45, 2.75) is 19.3 Å². The van der Waals surface area contributed by atoms with Gasteiger partial charge >= 0.3 is 5.97 Å². The van der Waals surface area contributed by atoms with Crippen LogP contribution >= 0.6 is 0 Å². The van der Waals surface area contributed by atoms with Crippen molar-refractivity contribution in [1.82, 2.24) is 4.98 Å². The molecule has 5 heterocycles. The number of aliphatic hydroxyl groups excluding tert-OH is 1. The highest BCUT2D eigenvalue weighted by Crippen LogP contribution is 2.38. The van der Waals surface area contributed by atoms with Gasteiger partial charge in [-0.2, -0.15) is 0 Å². The van der Waals surface area contributed by atoms with E-state index in [9.17, 15) is 9.90 Å². The average molecular weight is 489 g/mol. The minimum absolute atomic E-state index is 0.214. The fraction of sp³-hybridized carbons (Fsp3) is 0.133. The van der Waals surface area contributed by atoms with Crippen LogP contribution in [0.1, 0.15) is 36.2 Å². The quantitative estimate of drug-likeness (QED) is 0.409. The molecule has 0 amide bonds. The van der Waals surface area contributed by atoms with E-state index < -0.39 is 0 Å². The van der Waals surface area contributed by atoms with Crippen LogP contribution in [0.2, 0.25) is 0 Å². The average Bonchev–Trinajstić information content (AvgIpc) is 3.68. The second-order valence-corrected chi connectivity index (χ2v) is 9.10. The molecule has 37 heavy (non-hydrogen) atoms. The van der Waals surface area contributed by atoms with E-state index >= 15 is 0 Å². The predicted octanol–water partition coefficient (Wildman–Crippen LogP) is 5.74. The minimum atomic E-state index is -0.297. The summed E-state index contributed by atoms with van der Waals surface area (Å²) in [5.41, 5.74) is 9.67. The van der Waals surface area contributed by atoms with Gasteiger partial charge in [0.2, 0.25) is 0 Å². The number of fused-ring (bicyclic) bond motifs is 6. The molecule has 0 unspecified atom stereocenters. The van der Waals surface area contributed by atoms with Gasteiger partial charge in [-0.3, -0.25) is 4.79 Å². The van der Waals surface area contributed by atoms with Crippen molar-refractivity contribution in [1.29, 1.82) is 0 Å². The van der Waals surface area contributed by atoms with Gasteiger partial charge in [0.1, 0.15) is 5.76 Å². The van der Waals surface area contributed by atoms with Gasteiger partial charge < -0.3 is 14.8 Å². The molecule has 0 saturated heterocycles. The smallest absolute Gasteiger partial charge is 0.305 e. The van der Waals surface area contributed by atoms with E-state index in [1.165, 1.54) is 7.11 Å². The number of H-pyrrole nitrogens is 1. The fourth-order valence-electron chi connectivity index (χ4n) is 4.89. The van der Waals surface area contributed by atoms with Gasteiger partial charge in [-0.25, -0.2) is 15.0 Å². The van der Waals surface area contributed by atoms with Crippen molar-refractivity contribution in [3.63, 3.8) is 0 Å². The third kappa shape index (κ3) is 4.25. The van der Waals surface area contributed by atoms with Crippen LogP contribution in [0, 0.1) is 0 Å². The maximum absolute atomic E-state index is 11.9. The van der Waals surface area contributed by atoms with Crippen LogP contribution in [-0.2, 0) is 9.53 Å². The molecule has 1 aromatic rings. The molecule has 8 bridgehead atoms. The number of hydrogen-bond acceptors (Lipinski definition) is 6. The molecular weight excluding hydrogens is 464 g/mol. The highest BCUT2D eigenvalue weighted by molar-refractivity contribution is 6.38. The Labute approximate surface area is 214 Å². The van der Waals surface area contributed by atoms with E-state index in [0.717, 1.165) is 56.6 Å². The van der Waals surface area contributed by atoms with E-state index in [1.807, 2.05) is 60.8 Å². The molecular formula is C30H24N4O3. The summed E-state index contributed by atoms with van der Waals surface area (Å²) in [4.78, 5) is 29.8. The first kappa shape index (κ1) is 22.7. The van der Waals surface area contributed by atoms with E-state index in [4.69, 9.17) is 19.7 Å². The van der Waals surface area contributed by atoms with Crippen LogP contribution in [0.15, 0.2) is 110 Å². The third-order valence-corrected chi connectivity index (χ3v) is 6.57. The number of nitrogens with one attached hydrogen (secondary N) is 1. The van der Waals surface area contributed by atoms with Crippen LogP contribution in [0.4, 0.5) is 0 Å². The summed E-state index contributed by atoms with van der Waals surface area (Å²) in [6.45, 7) is 3.78. The lowest BCUT2D eigenvalue weighted by Crippen LogP contribution is -2.13. The number of ether oxygens (including phenoxy) is 1. The monoisotopic (exact) mass is 488 g/mol. The number of aromatic amines is 1. The second kappa shape index (κ2) is 9.02. The summed E-state index contributed by atoms with van der Waals surface area (Å²) < 4.78 is 4.85. The first-order valence-corrected chi connectivity index (χ1v) is 12.0. The number of aliphatic imine (C=N–C) groups is 3. The lowest BCUT2D eigenvalue weighted by atomic mass is 9.97. The van der Waals surface area contributed by atoms with Gasteiger partial charge in [-0.1, -0.05) is 24.8 Å². The summed E-state index contributed by atoms with van der Waals surface area (Å²) in [6, 6.07) is 2.04. The number of carbonyl (C=O) groups excluding carboxylic acids is 1. The van der Waals surface area contributed by atoms with Gasteiger partial charge in [0.15, 0.2) is 0 Å². The molecule has 0 fully saturated rings. The van der Waals surface area contributed by atoms with Gasteiger partial charge in [-0.05, 0) is 66.2 Å². The Bertz CT molecular complexity index is 1610. The van der Waals surface area contributed by atoms with E-state index in [0.29, 0.717) is 24.1 Å². The fourth-order valence-corrected chi connectivity index (χ4v) is 4.89. The summed E-state index contributed by atoms with van der Waals surface area (Å²) in [5.74, 6) is -0.0641. The third-order valence-electron chi connectivity index (χ3n) is 6.57. The number of aliphatic hydroxyl groups is 1. The van der Waals surface area contributed by atoms with E-state index in [-0.39, 0.29) is 18.1 Å². The van der Waals surface area contributed by atoms with Crippen molar-refractivity contribution in [2.75, 3.05) is 7.11 Å². The number of aromatic nitrogens is 1. The second-order valence-electron chi connectivity index (χ2n) is 9.10. The number of rotatable bonds is 5. The number of esters is 1. The molecule has 0 aromatic carbocycles. The predicted molar refractivity (Wildman–Crippen MR) is 147 cm³/mol. The van der Waals surface area contributed by atoms with Crippen molar-refractivity contribution < 1.29 is 14.6 Å². The van der Waals surface area contributed by atoms with Crippen molar-refractivity contribution >= 4 is 41.3 Å². The van der Waals surface area contributed by atoms with Crippen molar-refractivity contribution in [3.8, 4) is 0 Å². The minimum Gasteiger partial charge on any atom is -0.511 e. The van der Waals surface area contributed by atoms with Crippen molar-refractivity contribution in [3.05, 3.63) is 112 Å². The zero-order chi connectivity index (χ0) is 25.5. The van der Waals surface area contributed by atoms with Crippen LogP contribution in [0.3, 0.4) is 0 Å². The molecule has 7 nitrogen and oxygen atoms in total. The van der Waals surface area contributed by atoms with Gasteiger partial charge in [0.25, 0.3) is 0 Å². The highest BCUT2D eigenvalue weighted by Gasteiger charge is 2.35. The van der Waals surface area contributed by atoms with Crippen LogP contribution in [0.5, 0.6) is 0 Å². The Morgan fingerprint density at radius 3 is 2.76 bits per heavy atom. The van der Waals surface area contributed by atoms with Gasteiger partial charge in [0, 0.05) is 29.8 Å². The van der Waals surface area contributed by atoms with Gasteiger partial charge in [-0.15, -0.1) is 0 Å². The Kier molecular flexibility index (Phi) is 5.53. The zero-order valence-corrected chi connectivity index (χ0v) is 20.3. The topological polar surface area (TPSA) is 99.4 Å². The summed E-state index contributed by atoms with van der Waals surface area (Å²) in [6.07, 6.45) is 20.4. The SMILES string of the molecule is C=C/C=C\c1cc2[nH]c1C=C1C=CC(=N1)C=C1C=C3CC(O)=C(C4=NC(=C2)C=C4CCC(=O)OC)C3=N1. The Morgan fingerprint density at radius 1 is 1.08 bits per heavy atom. The molecule has 7 heteroatoms. The number of nitrogens with zero attached hydrogens (tertiary/aromatic N) is 3. The Balaban J connectivity index is 1.53. The van der Waals surface area contributed by atoms with Crippen LogP contribution < -0.4 is 0 Å². The standard InChI is InChI=1S/C30H24N4O3/c1-3-4-5-17-10-22-15-23-11-18(6-9-27(36)37-2)29(33-23)28-26(35)13-19-12-24(34-30(19)28)14-20-7-8-21(31-20)16-25(17)32-22/h3-5,7-8,10-12,14-16,32,35H,1,6,9,13H2,2H3/b5-4-,21-16?,23-15?,24-14?. The highest BCUT2D eigenvalue weighted by atomic mass is 16.5. The molecule has 4 aliphatic heterocycles. The number of hydrogen-bond donors (Lipinski definition) is 2. The van der Waals surface area contributed by atoms with E-state index in [1.54, 1.807) is 6.08 Å². The largest absolute Gasteiger partial charge is 0.511 e. The maximum atomic E-state index is 11.9. The maximum Gasteiger partial charge on any atom is 0.305 e. The lowest BCUT2D eigenvalue weighted by molar-refractivity contribution is -0.140. The normalized spacial score (nSPS) is 19.3. The van der Waals surface area contributed by atoms with Crippen LogP contribution in [-0.4, -0.2) is 40.3 Å². The van der Waals surface area contributed by atoms with Gasteiger partial charge in [0.05, 0.1) is 46.9 Å². The molecule has 0 saturated carbocycles. The first-order valence-electron chi connectivity index (χ1n) is 12.0. The summed E-state index contributed by atoms with van der Waals surface area (Å²) >= 11 is 0. The molecule has 5 aliphatic rings. The summed E-state index contributed by atoms with van der Waals surface area (Å²) in [7, 11) is 1.38. The Hall–Kier alpha value is -4.78.